The molecule has 1 N–H and O–H groups in total. The first-order chi connectivity index (χ1) is 9.80. The van der Waals surface area contributed by atoms with Crippen LogP contribution in [0, 0.1) is 5.41 Å². The Bertz CT molecular complexity index is 639. The van der Waals surface area contributed by atoms with Crippen LogP contribution in [0.5, 0.6) is 0 Å². The van der Waals surface area contributed by atoms with Crippen molar-refractivity contribution in [1.82, 2.24) is 5.32 Å². The van der Waals surface area contributed by atoms with E-state index in [4.69, 9.17) is 15.4 Å². The van der Waals surface area contributed by atoms with Crippen LogP contribution in [-0.2, 0) is 20.4 Å². The molecule has 1 amide bonds. The van der Waals surface area contributed by atoms with Gasteiger partial charge in [-0.15, -0.1) is 0 Å². The standard InChI is InChI=1S/C14H16ClNO4S/c15-21(18,19)10-13-7-14(8-13,9-13)16-12(17)20-6-11-4-2-1-3-5-11/h1-5H,6-10H2,(H,16,17). The predicted molar refractivity (Wildman–Crippen MR) is 78.4 cm³/mol. The first-order valence-corrected chi connectivity index (χ1v) is 9.19. The molecule has 7 heteroatoms. The average molecular weight is 330 g/mol. The highest BCUT2D eigenvalue weighted by Crippen LogP contribution is 2.67. The zero-order chi connectivity index (χ0) is 15.1. The molecule has 0 atom stereocenters. The molecule has 21 heavy (non-hydrogen) atoms. The van der Waals surface area contributed by atoms with Gasteiger partial charge in [0.15, 0.2) is 0 Å². The molecule has 4 rings (SSSR count). The molecule has 3 aliphatic rings. The van der Waals surface area contributed by atoms with Gasteiger partial charge in [-0.1, -0.05) is 30.3 Å². The Morgan fingerprint density at radius 2 is 1.86 bits per heavy atom. The van der Waals surface area contributed by atoms with Crippen molar-refractivity contribution in [3.05, 3.63) is 35.9 Å². The van der Waals surface area contributed by atoms with Crippen molar-refractivity contribution in [1.29, 1.82) is 0 Å². The molecule has 3 saturated carbocycles. The van der Waals surface area contributed by atoms with Crippen molar-refractivity contribution in [2.45, 2.75) is 31.4 Å². The number of halogens is 1. The number of alkyl carbamates (subject to hydrolysis) is 1. The molecule has 3 aliphatic carbocycles. The van der Waals surface area contributed by atoms with Crippen LogP contribution in [0.1, 0.15) is 24.8 Å². The number of hydrogen-bond acceptors (Lipinski definition) is 4. The monoisotopic (exact) mass is 329 g/mol. The molecule has 1 aromatic carbocycles. The van der Waals surface area contributed by atoms with Crippen molar-refractivity contribution in [2.24, 2.45) is 5.41 Å². The Morgan fingerprint density at radius 1 is 1.24 bits per heavy atom. The maximum absolute atomic E-state index is 11.8. The first-order valence-electron chi connectivity index (χ1n) is 6.71. The van der Waals surface area contributed by atoms with E-state index in [-0.39, 0.29) is 23.3 Å². The zero-order valence-electron chi connectivity index (χ0n) is 11.3. The Labute approximate surface area is 128 Å². The number of carbonyl (C=O) groups excluding carboxylic acids is 1. The first kappa shape index (κ1) is 14.7. The van der Waals surface area contributed by atoms with E-state index < -0.39 is 15.1 Å². The fraction of sp³-hybridized carbons (Fsp3) is 0.500. The summed E-state index contributed by atoms with van der Waals surface area (Å²) in [4.78, 5) is 11.8. The second-order valence-corrected chi connectivity index (χ2v) is 8.96. The number of nitrogens with one attached hydrogen (secondary N) is 1. The minimum absolute atomic E-state index is 0.00987. The molecule has 0 aliphatic heterocycles. The van der Waals surface area contributed by atoms with E-state index in [1.807, 2.05) is 30.3 Å². The van der Waals surface area contributed by atoms with Gasteiger partial charge in [-0.05, 0) is 30.2 Å². The van der Waals surface area contributed by atoms with Crippen LogP contribution >= 0.6 is 10.7 Å². The number of ether oxygens (including phenoxy) is 1. The highest BCUT2D eigenvalue weighted by Gasteiger charge is 2.69. The summed E-state index contributed by atoms with van der Waals surface area (Å²) in [5.74, 6) is -0.00987. The third-order valence-electron chi connectivity index (χ3n) is 4.20. The molecule has 0 heterocycles. The Hall–Kier alpha value is -1.27. The van der Waals surface area contributed by atoms with Crippen molar-refractivity contribution in [3.8, 4) is 0 Å². The van der Waals surface area contributed by atoms with Crippen LogP contribution in [0.4, 0.5) is 4.79 Å². The second kappa shape index (κ2) is 4.88. The molecule has 114 valence electrons. The maximum atomic E-state index is 11.8. The summed E-state index contributed by atoms with van der Waals surface area (Å²) in [6, 6.07) is 9.43. The molecule has 0 radical (unpaired) electrons. The summed E-state index contributed by atoms with van der Waals surface area (Å²) in [6.45, 7) is 0.226. The van der Waals surface area contributed by atoms with Gasteiger partial charge >= 0.3 is 6.09 Å². The quantitative estimate of drug-likeness (QED) is 0.842. The third kappa shape index (κ3) is 3.16. The van der Waals surface area contributed by atoms with Gasteiger partial charge in [0.05, 0.1) is 5.75 Å². The van der Waals surface area contributed by atoms with E-state index >= 15 is 0 Å². The summed E-state index contributed by atoms with van der Waals surface area (Å²) in [7, 11) is 1.81. The van der Waals surface area contributed by atoms with Gasteiger partial charge < -0.3 is 10.1 Å². The molecule has 1 aromatic rings. The van der Waals surface area contributed by atoms with Crippen molar-refractivity contribution in [3.63, 3.8) is 0 Å². The van der Waals surface area contributed by atoms with Crippen LogP contribution in [0.3, 0.4) is 0 Å². The molecule has 0 unspecified atom stereocenters. The summed E-state index contributed by atoms with van der Waals surface area (Å²) >= 11 is 0. The van der Waals surface area contributed by atoms with E-state index in [9.17, 15) is 13.2 Å². The van der Waals surface area contributed by atoms with E-state index in [0.29, 0.717) is 19.3 Å². The summed E-state index contributed by atoms with van der Waals surface area (Å²) in [5, 5.41) is 2.84. The second-order valence-electron chi connectivity index (χ2n) is 6.18. The molecule has 0 aromatic heterocycles. The number of carbonyl (C=O) groups is 1. The maximum Gasteiger partial charge on any atom is 0.407 e. The lowest BCUT2D eigenvalue weighted by atomic mass is 9.40. The van der Waals surface area contributed by atoms with Gasteiger partial charge in [0, 0.05) is 16.2 Å². The molecule has 0 saturated heterocycles. The lowest BCUT2D eigenvalue weighted by Gasteiger charge is -2.70. The van der Waals surface area contributed by atoms with Crippen molar-refractivity contribution < 1.29 is 17.9 Å². The Morgan fingerprint density at radius 3 is 2.43 bits per heavy atom. The number of amides is 1. The van der Waals surface area contributed by atoms with Gasteiger partial charge in [0.25, 0.3) is 0 Å². The zero-order valence-corrected chi connectivity index (χ0v) is 12.9. The van der Waals surface area contributed by atoms with Crippen molar-refractivity contribution in [2.75, 3.05) is 5.75 Å². The molecule has 0 spiro atoms. The van der Waals surface area contributed by atoms with Crippen LogP contribution in [0.2, 0.25) is 0 Å². The Balaban J connectivity index is 1.44. The third-order valence-corrected chi connectivity index (χ3v) is 5.48. The largest absolute Gasteiger partial charge is 0.445 e. The average Bonchev–Trinajstić information content (AvgIpc) is 2.32. The molecule has 3 fully saturated rings. The summed E-state index contributed by atoms with van der Waals surface area (Å²) in [5.41, 5.74) is 0.415. The van der Waals surface area contributed by atoms with E-state index in [2.05, 4.69) is 5.32 Å². The minimum Gasteiger partial charge on any atom is -0.445 e. The molecule has 5 nitrogen and oxygen atoms in total. The van der Waals surface area contributed by atoms with Crippen LogP contribution in [0.15, 0.2) is 30.3 Å². The smallest absolute Gasteiger partial charge is 0.407 e. The number of rotatable bonds is 5. The van der Waals surface area contributed by atoms with Gasteiger partial charge in [0.2, 0.25) is 9.05 Å². The number of benzene rings is 1. The molecular formula is C14H16ClNO4S. The lowest BCUT2D eigenvalue weighted by Crippen LogP contribution is -2.76. The summed E-state index contributed by atoms with van der Waals surface area (Å²) < 4.78 is 27.4. The van der Waals surface area contributed by atoms with Crippen LogP contribution in [-0.4, -0.2) is 25.8 Å². The minimum atomic E-state index is -3.48. The topological polar surface area (TPSA) is 72.5 Å². The number of hydrogen-bond donors (Lipinski definition) is 1. The highest BCUT2D eigenvalue weighted by atomic mass is 35.7. The van der Waals surface area contributed by atoms with Crippen LogP contribution < -0.4 is 5.32 Å². The summed E-state index contributed by atoms with van der Waals surface area (Å²) in [6.07, 6.45) is 1.52. The highest BCUT2D eigenvalue weighted by molar-refractivity contribution is 8.13. The van der Waals surface area contributed by atoms with Crippen LogP contribution in [0.25, 0.3) is 0 Å². The molecule has 2 bridgehead atoms. The lowest BCUT2D eigenvalue weighted by molar-refractivity contribution is -0.132. The fourth-order valence-corrected chi connectivity index (χ4v) is 5.36. The fourth-order valence-electron chi connectivity index (χ4n) is 3.63. The van der Waals surface area contributed by atoms with E-state index in [0.717, 1.165) is 5.56 Å². The Kier molecular flexibility index (Phi) is 3.41. The van der Waals surface area contributed by atoms with E-state index in [1.54, 1.807) is 0 Å². The van der Waals surface area contributed by atoms with Gasteiger partial charge in [-0.2, -0.15) is 0 Å². The van der Waals surface area contributed by atoms with Crippen molar-refractivity contribution >= 4 is 25.8 Å². The van der Waals surface area contributed by atoms with Gasteiger partial charge in [0.1, 0.15) is 6.61 Å². The van der Waals surface area contributed by atoms with Gasteiger partial charge in [-0.25, -0.2) is 13.2 Å². The SMILES string of the molecule is O=C(NC12CC(CS(=O)(=O)Cl)(C1)C2)OCc1ccccc1. The molecular weight excluding hydrogens is 314 g/mol. The normalized spacial score (nSPS) is 30.0. The van der Waals surface area contributed by atoms with Gasteiger partial charge in [-0.3, -0.25) is 0 Å². The predicted octanol–water partition coefficient (Wildman–Crippen LogP) is 2.40. The van der Waals surface area contributed by atoms with E-state index in [1.165, 1.54) is 0 Å².